The van der Waals surface area contributed by atoms with E-state index in [0.717, 1.165) is 29.8 Å². The van der Waals surface area contributed by atoms with Gasteiger partial charge in [0.25, 0.3) is 0 Å². The summed E-state index contributed by atoms with van der Waals surface area (Å²) < 4.78 is 35.1. The molecule has 4 heterocycles. The molecule has 1 atom stereocenters. The Hall–Kier alpha value is -2.26. The van der Waals surface area contributed by atoms with Crippen molar-refractivity contribution < 1.29 is 12.9 Å². The molecular formula is C19H25N5O3S. The fraction of sp³-hybridized carbons (Fsp3) is 0.526. The van der Waals surface area contributed by atoms with Crippen LogP contribution in [0.15, 0.2) is 27.9 Å². The van der Waals surface area contributed by atoms with Crippen LogP contribution >= 0.6 is 0 Å². The third-order valence-electron chi connectivity index (χ3n) is 5.21. The molecule has 0 radical (unpaired) electrons. The molecule has 0 saturated carbocycles. The summed E-state index contributed by atoms with van der Waals surface area (Å²) in [6.07, 6.45) is 4.31. The Bertz CT molecular complexity index is 1100. The number of pyridine rings is 1. The Morgan fingerprint density at radius 2 is 2.11 bits per heavy atom. The molecule has 1 aliphatic rings. The maximum absolute atomic E-state index is 13.1. The normalized spacial score (nSPS) is 18.5. The molecule has 1 aliphatic heterocycles. The van der Waals surface area contributed by atoms with Gasteiger partial charge in [0.1, 0.15) is 16.4 Å². The van der Waals surface area contributed by atoms with Gasteiger partial charge < -0.3 is 9.09 Å². The van der Waals surface area contributed by atoms with Gasteiger partial charge in [-0.15, -0.1) is 0 Å². The lowest BCUT2D eigenvalue weighted by molar-refractivity contribution is 0.389. The fourth-order valence-electron chi connectivity index (χ4n) is 3.99. The topological polar surface area (TPSA) is 94.1 Å². The third-order valence-corrected chi connectivity index (χ3v) is 7.32. The molecule has 0 N–H and O–H groups in total. The van der Waals surface area contributed by atoms with Gasteiger partial charge >= 0.3 is 0 Å². The number of sulfonamides is 1. The van der Waals surface area contributed by atoms with Crippen LogP contribution in [0.1, 0.15) is 43.5 Å². The first-order valence-corrected chi connectivity index (χ1v) is 11.0. The van der Waals surface area contributed by atoms with E-state index in [4.69, 9.17) is 9.51 Å². The van der Waals surface area contributed by atoms with Gasteiger partial charge in [-0.3, -0.25) is 4.98 Å². The highest BCUT2D eigenvalue weighted by atomic mass is 32.2. The van der Waals surface area contributed by atoms with Gasteiger partial charge in [0.2, 0.25) is 10.0 Å². The predicted octanol–water partition coefficient (Wildman–Crippen LogP) is 2.87. The van der Waals surface area contributed by atoms with E-state index in [9.17, 15) is 8.42 Å². The van der Waals surface area contributed by atoms with Crippen LogP contribution in [0.2, 0.25) is 0 Å². The molecule has 0 amide bonds. The summed E-state index contributed by atoms with van der Waals surface area (Å²) in [7, 11) is -3.64. The van der Waals surface area contributed by atoms with Crippen LogP contribution in [0, 0.1) is 19.8 Å². The monoisotopic (exact) mass is 403 g/mol. The second-order valence-electron chi connectivity index (χ2n) is 7.84. The maximum atomic E-state index is 13.1. The van der Waals surface area contributed by atoms with Crippen LogP contribution in [0.4, 0.5) is 0 Å². The number of imidazole rings is 1. The van der Waals surface area contributed by atoms with E-state index >= 15 is 0 Å². The second-order valence-corrected chi connectivity index (χ2v) is 9.72. The number of hydrogen-bond acceptors (Lipinski definition) is 6. The summed E-state index contributed by atoms with van der Waals surface area (Å²) >= 11 is 0. The van der Waals surface area contributed by atoms with Crippen LogP contribution in [-0.2, 0) is 16.6 Å². The lowest BCUT2D eigenvalue weighted by Gasteiger charge is -2.18. The summed E-state index contributed by atoms with van der Waals surface area (Å²) in [5, 5.41) is 3.80. The number of rotatable bonds is 5. The minimum absolute atomic E-state index is 0.0430. The van der Waals surface area contributed by atoms with Crippen molar-refractivity contribution in [2.45, 2.75) is 51.5 Å². The average Bonchev–Trinajstić information content (AvgIpc) is 3.33. The Balaban J connectivity index is 1.68. The molecule has 1 saturated heterocycles. The average molecular weight is 404 g/mol. The molecule has 4 rings (SSSR count). The van der Waals surface area contributed by atoms with Crippen LogP contribution in [0.3, 0.4) is 0 Å². The lowest BCUT2D eigenvalue weighted by atomic mass is 10.1. The van der Waals surface area contributed by atoms with Gasteiger partial charge in [0.05, 0.1) is 17.2 Å². The number of aryl methyl sites for hydroxylation is 2. The van der Waals surface area contributed by atoms with Crippen LogP contribution in [-0.4, -0.2) is 45.5 Å². The van der Waals surface area contributed by atoms with Crippen LogP contribution in [0.5, 0.6) is 0 Å². The highest BCUT2D eigenvalue weighted by molar-refractivity contribution is 7.89. The highest BCUT2D eigenvalue weighted by Crippen LogP contribution is 2.34. The van der Waals surface area contributed by atoms with E-state index in [0.29, 0.717) is 30.5 Å². The summed E-state index contributed by atoms with van der Waals surface area (Å²) in [5.41, 5.74) is 2.30. The van der Waals surface area contributed by atoms with Crippen molar-refractivity contribution in [3.05, 3.63) is 35.7 Å². The van der Waals surface area contributed by atoms with Crippen molar-refractivity contribution in [1.29, 1.82) is 0 Å². The summed E-state index contributed by atoms with van der Waals surface area (Å²) in [6.45, 7) is 9.30. The molecule has 0 aliphatic carbocycles. The second kappa shape index (κ2) is 6.97. The van der Waals surface area contributed by atoms with Crippen molar-refractivity contribution in [3.63, 3.8) is 0 Å². The minimum atomic E-state index is -3.64. The van der Waals surface area contributed by atoms with Crippen molar-refractivity contribution in [1.82, 2.24) is 24.0 Å². The molecule has 3 aromatic rings. The number of hydrogen-bond donors (Lipinski definition) is 0. The zero-order chi connectivity index (χ0) is 20.1. The lowest BCUT2D eigenvalue weighted by Crippen LogP contribution is -2.29. The minimum Gasteiger partial charge on any atom is -0.360 e. The van der Waals surface area contributed by atoms with Crippen LogP contribution in [0.25, 0.3) is 11.0 Å². The maximum Gasteiger partial charge on any atom is 0.248 e. The molecule has 28 heavy (non-hydrogen) atoms. The van der Waals surface area contributed by atoms with Crippen molar-refractivity contribution in [3.8, 4) is 0 Å². The molecule has 0 unspecified atom stereocenters. The number of fused-ring (bicyclic) bond motifs is 1. The van der Waals surface area contributed by atoms with E-state index in [1.54, 1.807) is 20.0 Å². The Morgan fingerprint density at radius 3 is 2.79 bits per heavy atom. The zero-order valence-corrected chi connectivity index (χ0v) is 17.4. The summed E-state index contributed by atoms with van der Waals surface area (Å²) in [4.78, 5) is 9.26. The Labute approximate surface area is 164 Å². The molecule has 8 nitrogen and oxygen atoms in total. The van der Waals surface area contributed by atoms with E-state index < -0.39 is 10.0 Å². The molecule has 3 aromatic heterocycles. The summed E-state index contributed by atoms with van der Waals surface area (Å²) in [5.74, 6) is 1.76. The Kier molecular flexibility index (Phi) is 4.75. The van der Waals surface area contributed by atoms with E-state index in [2.05, 4.69) is 28.6 Å². The molecule has 1 fully saturated rings. The van der Waals surface area contributed by atoms with Gasteiger partial charge in [0.15, 0.2) is 5.76 Å². The largest absolute Gasteiger partial charge is 0.360 e. The van der Waals surface area contributed by atoms with Gasteiger partial charge in [-0.1, -0.05) is 19.0 Å². The standard InChI is InChI=1S/C19H25N5O3S/c1-12(2)10-24-17-9-20-7-5-16(17)21-19(24)15-6-8-23(11-15)28(25,26)18-13(3)22-27-14(18)4/h5,7,9,12,15H,6,8,10-11H2,1-4H3/t15-/m0/s1. The predicted molar refractivity (Wildman–Crippen MR) is 104 cm³/mol. The quantitative estimate of drug-likeness (QED) is 0.650. The highest BCUT2D eigenvalue weighted by Gasteiger charge is 2.38. The first-order valence-electron chi connectivity index (χ1n) is 9.52. The Morgan fingerprint density at radius 1 is 1.32 bits per heavy atom. The van der Waals surface area contributed by atoms with Gasteiger partial charge in [-0.25, -0.2) is 13.4 Å². The van der Waals surface area contributed by atoms with Crippen LogP contribution < -0.4 is 0 Å². The molecular weight excluding hydrogens is 378 g/mol. The first-order chi connectivity index (χ1) is 13.3. The zero-order valence-electron chi connectivity index (χ0n) is 16.6. The van der Waals surface area contributed by atoms with E-state index in [1.165, 1.54) is 4.31 Å². The molecule has 0 aromatic carbocycles. The van der Waals surface area contributed by atoms with Gasteiger partial charge in [-0.05, 0) is 32.3 Å². The van der Waals surface area contributed by atoms with Crippen molar-refractivity contribution >= 4 is 21.1 Å². The van der Waals surface area contributed by atoms with E-state index in [1.807, 2.05) is 12.3 Å². The molecule has 0 spiro atoms. The van der Waals surface area contributed by atoms with Gasteiger partial charge in [0, 0.05) is 31.7 Å². The first kappa shape index (κ1) is 19.1. The van der Waals surface area contributed by atoms with Crippen molar-refractivity contribution in [2.24, 2.45) is 5.92 Å². The number of nitrogens with zero attached hydrogens (tertiary/aromatic N) is 5. The molecule has 9 heteroatoms. The molecule has 150 valence electrons. The van der Waals surface area contributed by atoms with Crippen molar-refractivity contribution in [2.75, 3.05) is 13.1 Å². The number of aromatic nitrogens is 4. The fourth-order valence-corrected chi connectivity index (χ4v) is 5.78. The van der Waals surface area contributed by atoms with Gasteiger partial charge in [-0.2, -0.15) is 4.31 Å². The smallest absolute Gasteiger partial charge is 0.248 e. The third kappa shape index (κ3) is 3.12. The molecule has 0 bridgehead atoms. The van der Waals surface area contributed by atoms with E-state index in [-0.39, 0.29) is 10.8 Å². The summed E-state index contributed by atoms with van der Waals surface area (Å²) in [6, 6.07) is 1.91. The SMILES string of the molecule is Cc1noc(C)c1S(=O)(=O)N1CC[C@H](c2nc3ccncc3n2CC(C)C)C1.